The topological polar surface area (TPSA) is 55.1 Å². The lowest BCUT2D eigenvalue weighted by molar-refractivity contribution is 0.0932. The molecule has 2 atom stereocenters. The summed E-state index contributed by atoms with van der Waals surface area (Å²) in [6, 6.07) is 16.0. The van der Waals surface area contributed by atoms with Crippen molar-refractivity contribution < 1.29 is 4.79 Å². The van der Waals surface area contributed by atoms with Crippen LogP contribution in [0.25, 0.3) is 0 Å². The van der Waals surface area contributed by atoms with Crippen LogP contribution in [0.2, 0.25) is 0 Å². The zero-order chi connectivity index (χ0) is 15.5. The van der Waals surface area contributed by atoms with Crippen molar-refractivity contribution in [2.45, 2.75) is 38.3 Å². The Hall–Kier alpha value is -1.84. The Balaban J connectivity index is 0.00000192. The average molecular weight is 331 g/mol. The normalized spacial score (nSPS) is 19.4. The summed E-state index contributed by atoms with van der Waals surface area (Å²) in [6.45, 7) is 2.75. The van der Waals surface area contributed by atoms with Gasteiger partial charge in [-0.25, -0.2) is 0 Å². The predicted octanol–water partition coefficient (Wildman–Crippen LogP) is 3.94. The van der Waals surface area contributed by atoms with Crippen molar-refractivity contribution in [2.24, 2.45) is 5.73 Å². The smallest absolute Gasteiger partial charge is 0.251 e. The zero-order valence-electron chi connectivity index (χ0n) is 13.3. The van der Waals surface area contributed by atoms with Crippen LogP contribution in [0, 0.1) is 0 Å². The molecule has 0 aliphatic heterocycles. The summed E-state index contributed by atoms with van der Waals surface area (Å²) in [5, 5.41) is 3.18. The van der Waals surface area contributed by atoms with E-state index in [4.69, 9.17) is 5.73 Å². The molecule has 23 heavy (non-hydrogen) atoms. The molecule has 122 valence electrons. The van der Waals surface area contributed by atoms with Crippen molar-refractivity contribution >= 4 is 18.3 Å². The maximum atomic E-state index is 12.5. The van der Waals surface area contributed by atoms with E-state index >= 15 is 0 Å². The van der Waals surface area contributed by atoms with E-state index in [0.29, 0.717) is 18.0 Å². The van der Waals surface area contributed by atoms with Gasteiger partial charge in [0.2, 0.25) is 0 Å². The second-order valence-electron chi connectivity index (χ2n) is 6.03. The van der Waals surface area contributed by atoms with Gasteiger partial charge in [-0.05, 0) is 47.6 Å². The van der Waals surface area contributed by atoms with Gasteiger partial charge in [0, 0.05) is 12.1 Å². The van der Waals surface area contributed by atoms with E-state index in [9.17, 15) is 4.79 Å². The summed E-state index contributed by atoms with van der Waals surface area (Å²) in [7, 11) is 0. The minimum atomic E-state index is -0.0158. The number of carbonyl (C=O) groups is 1. The van der Waals surface area contributed by atoms with Crippen molar-refractivity contribution in [3.8, 4) is 0 Å². The first kappa shape index (κ1) is 17.5. The first-order chi connectivity index (χ1) is 10.7. The summed E-state index contributed by atoms with van der Waals surface area (Å²) in [5.74, 6) is 0.547. The summed E-state index contributed by atoms with van der Waals surface area (Å²) in [4.78, 5) is 12.5. The third-order valence-corrected chi connectivity index (χ3v) is 4.55. The Kier molecular flexibility index (Phi) is 5.80. The van der Waals surface area contributed by atoms with Crippen LogP contribution in [0.5, 0.6) is 0 Å². The first-order valence-electron chi connectivity index (χ1n) is 7.87. The van der Waals surface area contributed by atoms with Crippen LogP contribution in [0.15, 0.2) is 48.5 Å². The number of nitrogens with two attached hydrogens (primary N) is 1. The Labute approximate surface area is 143 Å². The third kappa shape index (κ3) is 3.74. The molecule has 2 aromatic rings. The summed E-state index contributed by atoms with van der Waals surface area (Å²) in [6.07, 6.45) is 2.10. The molecule has 4 heteroatoms. The van der Waals surface area contributed by atoms with E-state index in [1.807, 2.05) is 30.3 Å². The number of hydrogen-bond donors (Lipinski definition) is 2. The molecule has 0 radical (unpaired) electrons. The fourth-order valence-electron chi connectivity index (χ4n) is 3.19. The zero-order valence-corrected chi connectivity index (χ0v) is 14.1. The van der Waals surface area contributed by atoms with E-state index in [-0.39, 0.29) is 24.4 Å². The monoisotopic (exact) mass is 330 g/mol. The Morgan fingerprint density at radius 2 is 1.74 bits per heavy atom. The summed E-state index contributed by atoms with van der Waals surface area (Å²) >= 11 is 0. The highest BCUT2D eigenvalue weighted by molar-refractivity contribution is 5.94. The van der Waals surface area contributed by atoms with Crippen molar-refractivity contribution in [3.63, 3.8) is 0 Å². The van der Waals surface area contributed by atoms with Gasteiger partial charge in [-0.2, -0.15) is 0 Å². The Bertz CT molecular complexity index is 669. The molecule has 2 unspecified atom stereocenters. The van der Waals surface area contributed by atoms with Gasteiger partial charge in [0.05, 0.1) is 6.04 Å². The molecule has 3 nitrogen and oxygen atoms in total. The van der Waals surface area contributed by atoms with E-state index in [1.165, 1.54) is 11.1 Å². The molecule has 0 spiro atoms. The highest BCUT2D eigenvalue weighted by Gasteiger charge is 2.25. The molecule has 1 amide bonds. The standard InChI is InChI=1S/C19H22N2O.ClH/c1-13-6-11-18(17-5-3-2-4-16(13)17)21-19(22)15-9-7-14(12-20)8-10-15;/h2-5,7-10,13,18H,6,11-12,20H2,1H3,(H,21,22);1H. The lowest BCUT2D eigenvalue weighted by Gasteiger charge is -2.30. The van der Waals surface area contributed by atoms with Crippen molar-refractivity contribution in [3.05, 3.63) is 70.8 Å². The van der Waals surface area contributed by atoms with E-state index in [0.717, 1.165) is 18.4 Å². The highest BCUT2D eigenvalue weighted by atomic mass is 35.5. The van der Waals surface area contributed by atoms with Gasteiger partial charge in [-0.1, -0.05) is 43.3 Å². The SMILES string of the molecule is CC1CCC(NC(=O)c2ccc(CN)cc2)c2ccccc21.Cl. The molecule has 0 heterocycles. The number of benzene rings is 2. The van der Waals surface area contributed by atoms with Crippen LogP contribution in [-0.2, 0) is 6.54 Å². The molecule has 0 saturated carbocycles. The lowest BCUT2D eigenvalue weighted by atomic mass is 9.81. The Morgan fingerprint density at radius 3 is 2.39 bits per heavy atom. The largest absolute Gasteiger partial charge is 0.345 e. The number of rotatable bonds is 3. The second-order valence-corrected chi connectivity index (χ2v) is 6.03. The molecule has 2 aromatic carbocycles. The quantitative estimate of drug-likeness (QED) is 0.895. The van der Waals surface area contributed by atoms with Crippen LogP contribution in [0.3, 0.4) is 0 Å². The van der Waals surface area contributed by atoms with Crippen LogP contribution < -0.4 is 11.1 Å². The molecule has 0 fully saturated rings. The minimum Gasteiger partial charge on any atom is -0.345 e. The molecule has 1 aliphatic carbocycles. The number of amides is 1. The van der Waals surface area contributed by atoms with Gasteiger partial charge in [0.1, 0.15) is 0 Å². The van der Waals surface area contributed by atoms with Crippen LogP contribution >= 0.6 is 12.4 Å². The maximum Gasteiger partial charge on any atom is 0.251 e. The van der Waals surface area contributed by atoms with Gasteiger partial charge < -0.3 is 11.1 Å². The van der Waals surface area contributed by atoms with Crippen LogP contribution in [0.1, 0.15) is 58.8 Å². The molecule has 1 aliphatic rings. The second kappa shape index (κ2) is 7.62. The number of nitrogens with one attached hydrogen (secondary N) is 1. The summed E-state index contributed by atoms with van der Waals surface area (Å²) < 4.78 is 0. The molecular formula is C19H23ClN2O. The van der Waals surface area contributed by atoms with Crippen LogP contribution in [0.4, 0.5) is 0 Å². The molecule has 0 bridgehead atoms. The average Bonchev–Trinajstić information content (AvgIpc) is 2.57. The minimum absolute atomic E-state index is 0. The van der Waals surface area contributed by atoms with Gasteiger partial charge in [0.25, 0.3) is 5.91 Å². The molecule has 0 saturated heterocycles. The molecule has 3 rings (SSSR count). The van der Waals surface area contributed by atoms with Gasteiger partial charge in [-0.15, -0.1) is 12.4 Å². The number of carbonyl (C=O) groups excluding carboxylic acids is 1. The summed E-state index contributed by atoms with van der Waals surface area (Å²) in [5.41, 5.74) is 9.93. The lowest BCUT2D eigenvalue weighted by Crippen LogP contribution is -2.31. The fourth-order valence-corrected chi connectivity index (χ4v) is 3.19. The molecular weight excluding hydrogens is 308 g/mol. The third-order valence-electron chi connectivity index (χ3n) is 4.55. The number of hydrogen-bond acceptors (Lipinski definition) is 2. The van der Waals surface area contributed by atoms with E-state index < -0.39 is 0 Å². The van der Waals surface area contributed by atoms with Gasteiger partial charge >= 0.3 is 0 Å². The Morgan fingerprint density at radius 1 is 1.09 bits per heavy atom. The first-order valence-corrected chi connectivity index (χ1v) is 7.87. The van der Waals surface area contributed by atoms with Crippen molar-refractivity contribution in [1.29, 1.82) is 0 Å². The fraction of sp³-hybridized carbons (Fsp3) is 0.316. The maximum absolute atomic E-state index is 12.5. The molecule has 3 N–H and O–H groups in total. The van der Waals surface area contributed by atoms with E-state index in [2.05, 4.69) is 30.4 Å². The number of fused-ring (bicyclic) bond motifs is 1. The van der Waals surface area contributed by atoms with Gasteiger partial charge in [-0.3, -0.25) is 4.79 Å². The van der Waals surface area contributed by atoms with Crippen molar-refractivity contribution in [2.75, 3.05) is 0 Å². The highest BCUT2D eigenvalue weighted by Crippen LogP contribution is 2.37. The number of halogens is 1. The predicted molar refractivity (Wildman–Crippen MR) is 95.9 cm³/mol. The van der Waals surface area contributed by atoms with Gasteiger partial charge in [0.15, 0.2) is 0 Å². The van der Waals surface area contributed by atoms with E-state index in [1.54, 1.807) is 0 Å². The molecule has 0 aromatic heterocycles. The van der Waals surface area contributed by atoms with Crippen molar-refractivity contribution in [1.82, 2.24) is 5.32 Å². The van der Waals surface area contributed by atoms with Crippen LogP contribution in [-0.4, -0.2) is 5.91 Å².